The van der Waals surface area contributed by atoms with Crippen LogP contribution in [0.1, 0.15) is 37.7 Å². The zero-order chi connectivity index (χ0) is 21.5. The molecule has 0 radical (unpaired) electrons. The molecule has 0 aliphatic carbocycles. The highest BCUT2D eigenvalue weighted by Crippen LogP contribution is 2.32. The highest BCUT2D eigenvalue weighted by Gasteiger charge is 2.23. The maximum atomic E-state index is 12.9. The second kappa shape index (κ2) is 7.67. The number of aromatic nitrogens is 4. The van der Waals surface area contributed by atoms with Gasteiger partial charge in [-0.25, -0.2) is 14.8 Å². The molecule has 3 rings (SSSR count). The molecule has 0 aliphatic heterocycles. The molecule has 7 nitrogen and oxygen atoms in total. The molecule has 8 heteroatoms. The Morgan fingerprint density at radius 1 is 1.10 bits per heavy atom. The van der Waals surface area contributed by atoms with E-state index in [9.17, 15) is 9.59 Å². The van der Waals surface area contributed by atoms with Crippen LogP contribution in [-0.4, -0.2) is 26.2 Å². The van der Waals surface area contributed by atoms with Crippen molar-refractivity contribution in [3.63, 3.8) is 0 Å². The smallest absolute Gasteiger partial charge is 0.332 e. The topological polar surface area (TPSA) is 79.0 Å². The van der Waals surface area contributed by atoms with Gasteiger partial charge in [0.25, 0.3) is 5.56 Å². The van der Waals surface area contributed by atoms with Crippen LogP contribution < -0.4 is 16.0 Å². The van der Waals surface area contributed by atoms with E-state index in [4.69, 9.17) is 9.72 Å². The Morgan fingerprint density at radius 3 is 2.41 bits per heavy atom. The van der Waals surface area contributed by atoms with E-state index in [0.29, 0.717) is 27.6 Å². The van der Waals surface area contributed by atoms with Gasteiger partial charge >= 0.3 is 5.69 Å². The second-order valence-corrected chi connectivity index (χ2v) is 9.07. The van der Waals surface area contributed by atoms with Crippen LogP contribution in [0.25, 0.3) is 11.0 Å². The van der Waals surface area contributed by atoms with Crippen molar-refractivity contribution >= 4 is 22.8 Å². The maximum absolute atomic E-state index is 12.9. The first kappa shape index (κ1) is 21.1. The van der Waals surface area contributed by atoms with Crippen LogP contribution in [0, 0.1) is 6.92 Å². The van der Waals surface area contributed by atoms with Crippen LogP contribution in [0.3, 0.4) is 0 Å². The fourth-order valence-electron chi connectivity index (χ4n) is 3.04. The first-order valence-electron chi connectivity index (χ1n) is 9.29. The van der Waals surface area contributed by atoms with Crippen molar-refractivity contribution in [3.8, 4) is 5.75 Å². The Morgan fingerprint density at radius 2 is 1.79 bits per heavy atom. The molecule has 0 atom stereocenters. The normalized spacial score (nSPS) is 11.8. The first-order valence-corrected chi connectivity index (χ1v) is 10.3. The van der Waals surface area contributed by atoms with Crippen molar-refractivity contribution in [3.05, 3.63) is 56.0 Å². The summed E-state index contributed by atoms with van der Waals surface area (Å²) in [6.45, 7) is 8.04. The molecule has 0 aliphatic rings. The average Bonchev–Trinajstić information content (AvgIpc) is 2.67. The van der Waals surface area contributed by atoms with Gasteiger partial charge in [-0.05, 0) is 13.0 Å². The molecule has 0 saturated carbocycles. The fourth-order valence-corrected chi connectivity index (χ4v) is 4.03. The number of ether oxygens (including phenoxy) is 1. The zero-order valence-corrected chi connectivity index (χ0v) is 18.7. The van der Waals surface area contributed by atoms with Crippen LogP contribution >= 0.6 is 11.8 Å². The largest absolute Gasteiger partial charge is 0.496 e. The van der Waals surface area contributed by atoms with Gasteiger partial charge in [0.1, 0.15) is 22.0 Å². The highest BCUT2D eigenvalue weighted by molar-refractivity contribution is 7.98. The van der Waals surface area contributed by atoms with Gasteiger partial charge in [-0.2, -0.15) is 0 Å². The van der Waals surface area contributed by atoms with Crippen molar-refractivity contribution in [1.29, 1.82) is 0 Å². The lowest BCUT2D eigenvalue weighted by atomic mass is 9.96. The van der Waals surface area contributed by atoms with Gasteiger partial charge in [0, 0.05) is 30.8 Å². The summed E-state index contributed by atoms with van der Waals surface area (Å²) >= 11 is 1.45. The summed E-state index contributed by atoms with van der Waals surface area (Å²) < 4.78 is 7.98. The van der Waals surface area contributed by atoms with Crippen molar-refractivity contribution in [2.75, 3.05) is 7.11 Å². The Balaban J connectivity index is 2.22. The predicted molar refractivity (Wildman–Crippen MR) is 116 cm³/mol. The highest BCUT2D eigenvalue weighted by atomic mass is 32.2. The first-order chi connectivity index (χ1) is 13.5. The molecule has 1 aromatic carbocycles. The molecule has 0 spiro atoms. The molecule has 154 valence electrons. The Kier molecular flexibility index (Phi) is 5.58. The average molecular weight is 415 g/mol. The summed E-state index contributed by atoms with van der Waals surface area (Å²) in [6.07, 6.45) is 0. The minimum absolute atomic E-state index is 0.332. The number of fused-ring (bicyclic) bond motifs is 1. The summed E-state index contributed by atoms with van der Waals surface area (Å²) in [6, 6.07) is 6.00. The lowest BCUT2D eigenvalue weighted by Crippen LogP contribution is -2.38. The molecule has 0 amide bonds. The van der Waals surface area contributed by atoms with E-state index in [-0.39, 0.29) is 11.0 Å². The molecule has 0 unspecified atom stereocenters. The molecule has 0 bridgehead atoms. The molecule has 3 aromatic rings. The number of aryl methyl sites for hydroxylation is 2. The van der Waals surface area contributed by atoms with Gasteiger partial charge in [-0.15, -0.1) is 11.8 Å². The van der Waals surface area contributed by atoms with E-state index in [1.54, 1.807) is 14.2 Å². The predicted octanol–water partition coefficient (Wildman–Crippen LogP) is 2.93. The van der Waals surface area contributed by atoms with E-state index < -0.39 is 5.69 Å². The van der Waals surface area contributed by atoms with Crippen molar-refractivity contribution in [1.82, 2.24) is 19.1 Å². The number of hydrogen-bond acceptors (Lipinski definition) is 6. The van der Waals surface area contributed by atoms with Crippen LogP contribution in [-0.2, 0) is 25.3 Å². The summed E-state index contributed by atoms with van der Waals surface area (Å²) in [7, 11) is 4.74. The quantitative estimate of drug-likeness (QED) is 0.482. The summed E-state index contributed by atoms with van der Waals surface area (Å²) in [5.74, 6) is 1.96. The van der Waals surface area contributed by atoms with Crippen molar-refractivity contribution in [2.45, 2.75) is 43.9 Å². The zero-order valence-electron chi connectivity index (χ0n) is 17.9. The van der Waals surface area contributed by atoms with Gasteiger partial charge < -0.3 is 4.74 Å². The third kappa shape index (κ3) is 3.94. The molecule has 0 N–H and O–H groups in total. The summed E-state index contributed by atoms with van der Waals surface area (Å²) in [5.41, 5.74) is 1.38. The number of rotatable bonds is 4. The third-order valence-corrected chi connectivity index (χ3v) is 5.76. The standard InChI is InChI=1S/C21H26N4O3S/c1-12-8-9-14(28-7)13(10-12)11-29-17-15-16(22-19(23-17)21(2,3)4)24(5)20(27)25(6)18(15)26/h8-10H,11H2,1-7H3. The molecular formula is C21H26N4O3S. The number of thioether (sulfide) groups is 1. The van der Waals surface area contributed by atoms with Gasteiger partial charge in [0.15, 0.2) is 5.65 Å². The maximum Gasteiger partial charge on any atom is 0.332 e. The van der Waals surface area contributed by atoms with Gasteiger partial charge in [-0.3, -0.25) is 13.9 Å². The molecular weight excluding hydrogens is 388 g/mol. The Labute approximate surface area is 173 Å². The van der Waals surface area contributed by atoms with Gasteiger partial charge in [0.2, 0.25) is 0 Å². The van der Waals surface area contributed by atoms with E-state index in [1.807, 2.05) is 39.8 Å². The van der Waals surface area contributed by atoms with Crippen molar-refractivity contribution in [2.24, 2.45) is 14.1 Å². The minimum Gasteiger partial charge on any atom is -0.496 e. The molecule has 29 heavy (non-hydrogen) atoms. The van der Waals surface area contributed by atoms with Crippen LogP contribution in [0.2, 0.25) is 0 Å². The molecule has 0 saturated heterocycles. The summed E-state index contributed by atoms with van der Waals surface area (Å²) in [5, 5.41) is 0.930. The number of methoxy groups -OCH3 is 1. The monoisotopic (exact) mass is 414 g/mol. The van der Waals surface area contributed by atoms with E-state index in [1.165, 1.54) is 23.4 Å². The minimum atomic E-state index is -0.405. The number of hydrogen-bond donors (Lipinski definition) is 0. The Hall–Kier alpha value is -2.61. The Bertz CT molecular complexity index is 1210. The lowest BCUT2D eigenvalue weighted by molar-refractivity contribution is 0.411. The van der Waals surface area contributed by atoms with Gasteiger partial charge in [-0.1, -0.05) is 38.5 Å². The SMILES string of the molecule is COc1ccc(C)cc1CSc1nc(C(C)(C)C)nc2c1c(=O)n(C)c(=O)n2C. The lowest BCUT2D eigenvalue weighted by Gasteiger charge is -2.19. The van der Waals surface area contributed by atoms with Crippen LogP contribution in [0.15, 0.2) is 32.8 Å². The van der Waals surface area contributed by atoms with Gasteiger partial charge in [0.05, 0.1) is 7.11 Å². The molecule has 2 heterocycles. The second-order valence-electron chi connectivity index (χ2n) is 8.11. The fraction of sp³-hybridized carbons (Fsp3) is 0.429. The van der Waals surface area contributed by atoms with E-state index in [0.717, 1.165) is 21.4 Å². The van der Waals surface area contributed by atoms with E-state index >= 15 is 0 Å². The van der Waals surface area contributed by atoms with E-state index in [2.05, 4.69) is 11.1 Å². The van der Waals surface area contributed by atoms with Crippen molar-refractivity contribution < 1.29 is 4.74 Å². The van der Waals surface area contributed by atoms with Crippen LogP contribution in [0.5, 0.6) is 5.75 Å². The molecule has 0 fully saturated rings. The molecule has 2 aromatic heterocycles. The summed E-state index contributed by atoms with van der Waals surface area (Å²) in [4.78, 5) is 34.6. The van der Waals surface area contributed by atoms with Crippen LogP contribution in [0.4, 0.5) is 0 Å². The number of benzene rings is 1. The number of nitrogens with zero attached hydrogens (tertiary/aromatic N) is 4. The third-order valence-electron chi connectivity index (χ3n) is 4.74.